The first-order valence-electron chi connectivity index (χ1n) is 7.57. The summed E-state index contributed by atoms with van der Waals surface area (Å²) < 4.78 is 0. The van der Waals surface area contributed by atoms with Crippen LogP contribution in [0.1, 0.15) is 64.7 Å². The summed E-state index contributed by atoms with van der Waals surface area (Å²) in [4.78, 5) is 13.7. The Bertz CT molecular complexity index is 280. The number of carboxylic acids is 1. The Morgan fingerprint density at radius 2 is 1.78 bits per heavy atom. The topological polar surface area (TPSA) is 40.5 Å². The molecule has 1 atom stereocenters. The first-order valence-corrected chi connectivity index (χ1v) is 7.57. The van der Waals surface area contributed by atoms with E-state index in [-0.39, 0.29) is 5.54 Å². The highest BCUT2D eigenvalue weighted by Crippen LogP contribution is 2.38. The maximum Gasteiger partial charge on any atom is 0.305 e. The van der Waals surface area contributed by atoms with E-state index in [2.05, 4.69) is 11.8 Å². The molecule has 18 heavy (non-hydrogen) atoms. The third-order valence-electron chi connectivity index (χ3n) is 4.85. The normalized spacial score (nSPS) is 26.1. The highest BCUT2D eigenvalue weighted by Gasteiger charge is 2.37. The van der Waals surface area contributed by atoms with E-state index in [9.17, 15) is 9.90 Å². The van der Waals surface area contributed by atoms with Gasteiger partial charge in [-0.2, -0.15) is 0 Å². The molecule has 1 aliphatic carbocycles. The zero-order chi connectivity index (χ0) is 13.0. The van der Waals surface area contributed by atoms with Crippen LogP contribution in [0, 0.1) is 5.92 Å². The van der Waals surface area contributed by atoms with Crippen LogP contribution in [0.2, 0.25) is 0 Å². The Morgan fingerprint density at radius 1 is 1.17 bits per heavy atom. The molecule has 0 aromatic rings. The third kappa shape index (κ3) is 3.47. The Hall–Kier alpha value is -0.570. The van der Waals surface area contributed by atoms with Gasteiger partial charge in [0.2, 0.25) is 0 Å². The van der Waals surface area contributed by atoms with E-state index in [0.717, 1.165) is 25.4 Å². The van der Waals surface area contributed by atoms with Crippen molar-refractivity contribution in [3.8, 4) is 0 Å². The minimum absolute atomic E-state index is 0.110. The largest absolute Gasteiger partial charge is 0.481 e. The van der Waals surface area contributed by atoms with Gasteiger partial charge in [0.05, 0.1) is 6.42 Å². The second kappa shape index (κ2) is 6.05. The maximum atomic E-state index is 11.2. The molecule has 0 aromatic heterocycles. The van der Waals surface area contributed by atoms with Crippen LogP contribution in [0.5, 0.6) is 0 Å². The summed E-state index contributed by atoms with van der Waals surface area (Å²) in [6.07, 6.45) is 10.4. The van der Waals surface area contributed by atoms with E-state index in [1.807, 2.05) is 0 Å². The number of hydrogen-bond acceptors (Lipinski definition) is 2. The lowest BCUT2D eigenvalue weighted by Gasteiger charge is -2.44. The van der Waals surface area contributed by atoms with Crippen molar-refractivity contribution in [1.29, 1.82) is 0 Å². The van der Waals surface area contributed by atoms with Crippen molar-refractivity contribution < 1.29 is 9.90 Å². The van der Waals surface area contributed by atoms with Gasteiger partial charge in [-0.1, -0.05) is 32.1 Å². The van der Waals surface area contributed by atoms with Gasteiger partial charge in [0, 0.05) is 5.54 Å². The number of likely N-dealkylation sites (tertiary alicyclic amines) is 1. The summed E-state index contributed by atoms with van der Waals surface area (Å²) in [5, 5.41) is 9.23. The molecule has 0 radical (unpaired) electrons. The number of carboxylic acid groups (broad SMARTS) is 1. The molecule has 1 unspecified atom stereocenters. The van der Waals surface area contributed by atoms with Gasteiger partial charge in [-0.25, -0.2) is 0 Å². The molecule has 1 N–H and O–H groups in total. The molecule has 2 aliphatic rings. The molecule has 1 saturated heterocycles. The average molecular weight is 253 g/mol. The number of nitrogens with zero attached hydrogens (tertiary/aromatic N) is 1. The van der Waals surface area contributed by atoms with Gasteiger partial charge >= 0.3 is 5.97 Å². The van der Waals surface area contributed by atoms with E-state index in [1.165, 1.54) is 44.9 Å². The second-order valence-corrected chi connectivity index (χ2v) is 6.47. The fourth-order valence-corrected chi connectivity index (χ4v) is 3.57. The van der Waals surface area contributed by atoms with Gasteiger partial charge in [-0.15, -0.1) is 0 Å². The smallest absolute Gasteiger partial charge is 0.305 e. The fourth-order valence-electron chi connectivity index (χ4n) is 3.57. The van der Waals surface area contributed by atoms with Crippen LogP contribution in [0.25, 0.3) is 0 Å². The van der Waals surface area contributed by atoms with Crippen LogP contribution >= 0.6 is 0 Å². The van der Waals surface area contributed by atoms with Crippen molar-refractivity contribution in [3.63, 3.8) is 0 Å². The van der Waals surface area contributed by atoms with Crippen LogP contribution < -0.4 is 0 Å². The highest BCUT2D eigenvalue weighted by molar-refractivity contribution is 5.68. The molecular formula is C15H27NO2. The minimum Gasteiger partial charge on any atom is -0.481 e. The molecule has 3 heteroatoms. The predicted molar refractivity (Wildman–Crippen MR) is 72.7 cm³/mol. The van der Waals surface area contributed by atoms with Crippen LogP contribution in [-0.4, -0.2) is 34.6 Å². The van der Waals surface area contributed by atoms with E-state index < -0.39 is 5.97 Å². The predicted octanol–water partition coefficient (Wildman–Crippen LogP) is 3.29. The van der Waals surface area contributed by atoms with Gasteiger partial charge < -0.3 is 5.11 Å². The van der Waals surface area contributed by atoms with Gasteiger partial charge in [0.25, 0.3) is 0 Å². The van der Waals surface area contributed by atoms with Crippen molar-refractivity contribution in [1.82, 2.24) is 4.90 Å². The van der Waals surface area contributed by atoms with E-state index in [0.29, 0.717) is 6.42 Å². The summed E-state index contributed by atoms with van der Waals surface area (Å²) in [7, 11) is 0. The van der Waals surface area contributed by atoms with Gasteiger partial charge in [-0.05, 0) is 45.2 Å². The van der Waals surface area contributed by atoms with Gasteiger partial charge in [0.15, 0.2) is 0 Å². The van der Waals surface area contributed by atoms with E-state index in [4.69, 9.17) is 0 Å². The molecule has 0 amide bonds. The van der Waals surface area contributed by atoms with Crippen molar-refractivity contribution in [2.75, 3.05) is 13.1 Å². The van der Waals surface area contributed by atoms with Crippen molar-refractivity contribution in [2.24, 2.45) is 5.92 Å². The molecule has 0 bridgehead atoms. The first-order chi connectivity index (χ1) is 8.60. The Kier molecular flexibility index (Phi) is 4.66. The molecule has 0 spiro atoms. The quantitative estimate of drug-likeness (QED) is 0.817. The van der Waals surface area contributed by atoms with Crippen LogP contribution in [0.4, 0.5) is 0 Å². The monoisotopic (exact) mass is 253 g/mol. The fraction of sp³-hybridized carbons (Fsp3) is 0.933. The summed E-state index contributed by atoms with van der Waals surface area (Å²) in [5.74, 6) is 0.138. The molecule has 1 saturated carbocycles. The standard InChI is InChI=1S/C15H27NO2/c1-15(12-14(17)18,11-13-7-6-8-13)16-9-4-2-3-5-10-16/h13H,2-12H2,1H3,(H,17,18). The SMILES string of the molecule is CC(CC(=O)O)(CC1CCC1)N1CCCCCC1. The zero-order valence-corrected chi connectivity index (χ0v) is 11.7. The zero-order valence-electron chi connectivity index (χ0n) is 11.7. The second-order valence-electron chi connectivity index (χ2n) is 6.47. The number of rotatable bonds is 5. The number of hydrogen-bond donors (Lipinski definition) is 1. The van der Waals surface area contributed by atoms with E-state index >= 15 is 0 Å². The summed E-state index contributed by atoms with van der Waals surface area (Å²) in [5.41, 5.74) is -0.110. The maximum absolute atomic E-state index is 11.2. The van der Waals surface area contributed by atoms with Gasteiger partial charge in [-0.3, -0.25) is 9.69 Å². The summed E-state index contributed by atoms with van der Waals surface area (Å²) in [6.45, 7) is 4.37. The lowest BCUT2D eigenvalue weighted by atomic mass is 9.74. The highest BCUT2D eigenvalue weighted by atomic mass is 16.4. The van der Waals surface area contributed by atoms with Crippen molar-refractivity contribution in [2.45, 2.75) is 70.3 Å². The molecule has 2 fully saturated rings. The van der Waals surface area contributed by atoms with Crippen molar-refractivity contribution in [3.05, 3.63) is 0 Å². The van der Waals surface area contributed by atoms with Crippen LogP contribution in [-0.2, 0) is 4.79 Å². The molecular weight excluding hydrogens is 226 g/mol. The Labute approximate surface area is 111 Å². The molecule has 3 nitrogen and oxygen atoms in total. The average Bonchev–Trinajstić information content (AvgIpc) is 2.51. The molecule has 1 aliphatic heterocycles. The number of carbonyl (C=O) groups is 1. The Morgan fingerprint density at radius 3 is 2.22 bits per heavy atom. The molecule has 0 aromatic carbocycles. The molecule has 2 rings (SSSR count). The lowest BCUT2D eigenvalue weighted by molar-refractivity contribution is -0.140. The van der Waals surface area contributed by atoms with Gasteiger partial charge in [0.1, 0.15) is 0 Å². The Balaban J connectivity index is 2.02. The van der Waals surface area contributed by atoms with Crippen LogP contribution in [0.3, 0.4) is 0 Å². The van der Waals surface area contributed by atoms with Crippen molar-refractivity contribution >= 4 is 5.97 Å². The summed E-state index contributed by atoms with van der Waals surface area (Å²) >= 11 is 0. The number of aliphatic carboxylic acids is 1. The molecule has 1 heterocycles. The summed E-state index contributed by atoms with van der Waals surface area (Å²) in [6, 6.07) is 0. The first kappa shape index (κ1) is 13.9. The van der Waals surface area contributed by atoms with Crippen LogP contribution in [0.15, 0.2) is 0 Å². The molecule has 104 valence electrons. The van der Waals surface area contributed by atoms with E-state index in [1.54, 1.807) is 0 Å². The lowest BCUT2D eigenvalue weighted by Crippen LogP contribution is -2.50. The third-order valence-corrected chi connectivity index (χ3v) is 4.85. The minimum atomic E-state index is -0.638.